The zero-order valence-electron chi connectivity index (χ0n) is 50.7. The van der Waals surface area contributed by atoms with E-state index in [1.807, 2.05) is 39.8 Å². The molecule has 4 aromatic rings. The number of rotatable bonds is 0. The largest absolute Gasteiger partial charge is 0.353 e. The van der Waals surface area contributed by atoms with Crippen LogP contribution in [0.25, 0.3) is 0 Å². The van der Waals surface area contributed by atoms with E-state index in [0.29, 0.717) is 34.1 Å². The summed E-state index contributed by atoms with van der Waals surface area (Å²) in [6.07, 6.45) is 18.8. The summed E-state index contributed by atoms with van der Waals surface area (Å²) in [5.74, 6) is 3.37. The van der Waals surface area contributed by atoms with Crippen LogP contribution in [0.2, 0.25) is 0 Å². The minimum absolute atomic E-state index is 0. The Morgan fingerprint density at radius 2 is 0.623 bits per heavy atom. The van der Waals surface area contributed by atoms with Crippen LogP contribution in [-0.4, -0.2) is 39.0 Å². The lowest BCUT2D eigenvalue weighted by Crippen LogP contribution is -2.27. The van der Waals surface area contributed by atoms with Crippen molar-refractivity contribution in [3.8, 4) is 0 Å². The summed E-state index contributed by atoms with van der Waals surface area (Å²) in [7, 11) is 0. The van der Waals surface area contributed by atoms with Gasteiger partial charge in [0.15, 0.2) is 24.2 Å². The number of ether oxygens (including phenoxy) is 4. The van der Waals surface area contributed by atoms with Gasteiger partial charge in [0.05, 0.1) is 26.4 Å². The summed E-state index contributed by atoms with van der Waals surface area (Å²) in [5, 5.41) is 0. The van der Waals surface area contributed by atoms with Crippen molar-refractivity contribution in [2.75, 3.05) is 26.4 Å². The van der Waals surface area contributed by atoms with Gasteiger partial charge in [-0.3, -0.25) is 0 Å². The van der Waals surface area contributed by atoms with Gasteiger partial charge in [-0.1, -0.05) is 170 Å². The Balaban J connectivity index is 0. The van der Waals surface area contributed by atoms with E-state index in [1.165, 1.54) is 101 Å². The lowest BCUT2D eigenvalue weighted by molar-refractivity contribution is -0.187. The van der Waals surface area contributed by atoms with E-state index < -0.39 is 11.6 Å². The van der Waals surface area contributed by atoms with Gasteiger partial charge in [-0.15, -0.1) is 0 Å². The summed E-state index contributed by atoms with van der Waals surface area (Å²) in [6, 6.07) is 22.0. The Bertz CT molecular complexity index is 2020. The van der Waals surface area contributed by atoms with Crippen molar-refractivity contribution in [1.82, 2.24) is 0 Å². The first-order valence-electron chi connectivity index (χ1n) is 28.4. The lowest BCUT2D eigenvalue weighted by Gasteiger charge is -2.24. The van der Waals surface area contributed by atoms with E-state index in [0.717, 1.165) is 61.2 Å². The monoisotopic (exact) mass is 1080 g/mol. The number of allylic oxidation sites excluding steroid dienone is 4. The fraction of sp³-hybridized carbons (Fsp3) is 0.594. The van der Waals surface area contributed by atoms with Crippen LogP contribution in [0, 0.1) is 114 Å². The molecule has 1 saturated carbocycles. The van der Waals surface area contributed by atoms with Gasteiger partial charge in [-0.05, 0) is 191 Å². The molecule has 2 atom stereocenters. The summed E-state index contributed by atoms with van der Waals surface area (Å²) < 4.78 is 71.1. The quantitative estimate of drug-likeness (QED) is 0.130. The van der Waals surface area contributed by atoms with Crippen LogP contribution in [0.15, 0.2) is 96.1 Å². The van der Waals surface area contributed by atoms with E-state index in [4.69, 9.17) is 18.9 Å². The smallest absolute Gasteiger partial charge is 0.161 e. The second-order valence-corrected chi connectivity index (χ2v) is 22.9. The molecule has 3 fully saturated rings. The molecule has 0 amide bonds. The van der Waals surface area contributed by atoms with Gasteiger partial charge in [0.1, 0.15) is 11.6 Å². The molecular weight excluding hydrogens is 969 g/mol. The molecule has 4 nitrogen and oxygen atoms in total. The summed E-state index contributed by atoms with van der Waals surface area (Å²) in [4.78, 5) is 0. The van der Waals surface area contributed by atoms with Crippen LogP contribution < -0.4 is 0 Å². The lowest BCUT2D eigenvalue weighted by atomic mass is 9.84. The molecule has 438 valence electrons. The third-order valence-electron chi connectivity index (χ3n) is 13.9. The van der Waals surface area contributed by atoms with Gasteiger partial charge in [0.2, 0.25) is 0 Å². The molecule has 9 rings (SSSR count). The van der Waals surface area contributed by atoms with Crippen LogP contribution in [0.3, 0.4) is 0 Å². The van der Waals surface area contributed by atoms with E-state index in [9.17, 15) is 17.6 Å². The molecule has 2 saturated heterocycles. The maximum atomic E-state index is 12.6. The standard InChI is InChI=1S/C8H8F2.2C8H9F.C8H16.2C8H14.C8H10.2C6H12O2.CH4.H2/c1-5-3-4-6(2)8(10)7(5)9;2*1-6-3-4-7(2)8(9)5-6;4*1-7-3-5-8(2)6-4-7;2*1-5-3-7-6(2)8-4-5;;/h3-4H,1-2H3;2*3-5H,1-2H3;7-8H,3-6H2,1-2H3;2*3,8H,4-6H2,1-2H3;3-6H,1-2H3;2*5-6H,3-4H2,1-2H3;1H4;1H. The number of hydrogen-bond acceptors (Lipinski definition) is 4. The summed E-state index contributed by atoms with van der Waals surface area (Å²) >= 11 is 0. The molecular formula is C69H110F4O4. The molecule has 2 unspecified atom stereocenters. The van der Waals surface area contributed by atoms with Gasteiger partial charge < -0.3 is 18.9 Å². The number of benzene rings is 4. The Labute approximate surface area is 470 Å². The predicted octanol–water partition coefficient (Wildman–Crippen LogP) is 21.0. The number of aryl methyl sites for hydroxylation is 8. The van der Waals surface area contributed by atoms with Gasteiger partial charge in [-0.2, -0.15) is 0 Å². The summed E-state index contributed by atoms with van der Waals surface area (Å²) in [6.45, 7) is 39.9. The van der Waals surface area contributed by atoms with Gasteiger partial charge >= 0.3 is 0 Å². The molecule has 77 heavy (non-hydrogen) atoms. The average molecular weight is 1080 g/mol. The highest BCUT2D eigenvalue weighted by molar-refractivity contribution is 5.25. The zero-order chi connectivity index (χ0) is 57.3. The SMILES string of the molecule is C.CC1=CCC(C)CC1.CC1=CCC(C)CC1.CC1CCC(C)CC1.CC1COC(C)OC1.CC1COC(C)OC1.Cc1ccc(C)c(F)c1.Cc1ccc(C)c(F)c1.Cc1ccc(C)c(F)c1F.Cc1ccc(C)cc1.[HH]. The van der Waals surface area contributed by atoms with Crippen LogP contribution in [0.5, 0.6) is 0 Å². The fourth-order valence-electron chi connectivity index (χ4n) is 7.79. The van der Waals surface area contributed by atoms with Crippen LogP contribution in [0.4, 0.5) is 17.6 Å². The molecule has 0 bridgehead atoms. The van der Waals surface area contributed by atoms with Crippen molar-refractivity contribution < 1.29 is 37.9 Å². The zero-order valence-corrected chi connectivity index (χ0v) is 50.7. The van der Waals surface area contributed by atoms with Crippen LogP contribution in [-0.2, 0) is 18.9 Å². The normalized spacial score (nSPS) is 23.1. The minimum atomic E-state index is -0.736. The molecule has 0 N–H and O–H groups in total. The molecule has 3 aliphatic carbocycles. The van der Waals surface area contributed by atoms with E-state index >= 15 is 0 Å². The third kappa shape index (κ3) is 35.9. The van der Waals surface area contributed by atoms with E-state index in [2.05, 4.69) is 106 Å². The van der Waals surface area contributed by atoms with Crippen molar-refractivity contribution in [2.45, 2.75) is 209 Å². The molecule has 2 aliphatic heterocycles. The average Bonchev–Trinajstić information content (AvgIpc) is 3.39. The first-order chi connectivity index (χ1) is 35.7. The van der Waals surface area contributed by atoms with Crippen molar-refractivity contribution >= 4 is 0 Å². The highest BCUT2D eigenvalue weighted by atomic mass is 19.2. The van der Waals surface area contributed by atoms with Crippen molar-refractivity contribution in [3.05, 3.63) is 164 Å². The molecule has 8 heteroatoms. The third-order valence-corrected chi connectivity index (χ3v) is 13.9. The number of hydrogen-bond donors (Lipinski definition) is 0. The fourth-order valence-corrected chi connectivity index (χ4v) is 7.79. The van der Waals surface area contributed by atoms with Crippen LogP contribution >= 0.6 is 0 Å². The highest BCUT2D eigenvalue weighted by Gasteiger charge is 2.15. The molecule has 4 aromatic carbocycles. The Morgan fingerprint density at radius 3 is 0.844 bits per heavy atom. The van der Waals surface area contributed by atoms with E-state index in [-0.39, 0.29) is 33.1 Å². The molecule has 0 aromatic heterocycles. The highest BCUT2D eigenvalue weighted by Crippen LogP contribution is 2.27. The molecule has 0 spiro atoms. The maximum absolute atomic E-state index is 12.6. The van der Waals surface area contributed by atoms with Crippen molar-refractivity contribution in [3.63, 3.8) is 0 Å². The van der Waals surface area contributed by atoms with Crippen molar-refractivity contribution in [2.24, 2.45) is 35.5 Å². The van der Waals surface area contributed by atoms with Gasteiger partial charge in [-0.25, -0.2) is 17.6 Å². The van der Waals surface area contributed by atoms with E-state index in [1.54, 1.807) is 49.3 Å². The minimum Gasteiger partial charge on any atom is -0.353 e. The maximum Gasteiger partial charge on any atom is 0.161 e. The Hall–Kier alpha value is -4.08. The first kappa shape index (κ1) is 72.9. The van der Waals surface area contributed by atoms with Gasteiger partial charge in [0, 0.05) is 13.3 Å². The topological polar surface area (TPSA) is 36.9 Å². The molecule has 2 heterocycles. The number of halogens is 4. The Morgan fingerprint density at radius 1 is 0.351 bits per heavy atom. The second kappa shape index (κ2) is 41.0. The van der Waals surface area contributed by atoms with Crippen molar-refractivity contribution in [1.29, 1.82) is 0 Å². The second-order valence-electron chi connectivity index (χ2n) is 22.9. The molecule has 5 aliphatic rings. The van der Waals surface area contributed by atoms with Gasteiger partial charge in [0.25, 0.3) is 0 Å². The molecule has 0 radical (unpaired) electrons. The first-order valence-corrected chi connectivity index (χ1v) is 28.4. The Kier molecular flexibility index (Phi) is 38.8. The summed E-state index contributed by atoms with van der Waals surface area (Å²) in [5.41, 5.74) is 9.89. The van der Waals surface area contributed by atoms with Crippen LogP contribution in [0.1, 0.15) is 187 Å². The predicted molar refractivity (Wildman–Crippen MR) is 324 cm³/mol.